The maximum Gasteiger partial charge on any atom is 0.573 e. The van der Waals surface area contributed by atoms with Gasteiger partial charge in [0.05, 0.1) is 32.5 Å². The van der Waals surface area contributed by atoms with E-state index in [4.69, 9.17) is 4.74 Å². The Labute approximate surface area is 237 Å². The molecule has 0 spiro atoms. The van der Waals surface area contributed by atoms with Crippen LogP contribution in [0.25, 0.3) is 0 Å². The molecule has 0 bridgehead atoms. The maximum absolute atomic E-state index is 14.6. The van der Waals surface area contributed by atoms with Gasteiger partial charge in [0.1, 0.15) is 11.9 Å². The van der Waals surface area contributed by atoms with Gasteiger partial charge in [-0.3, -0.25) is 19.3 Å². The van der Waals surface area contributed by atoms with Crippen LogP contribution in [0, 0.1) is 0 Å². The van der Waals surface area contributed by atoms with Crippen molar-refractivity contribution >= 4 is 17.5 Å². The summed E-state index contributed by atoms with van der Waals surface area (Å²) >= 11 is 0. The fourth-order valence-electron chi connectivity index (χ4n) is 4.12. The van der Waals surface area contributed by atoms with Crippen molar-refractivity contribution in [3.05, 3.63) is 70.4 Å². The van der Waals surface area contributed by atoms with Crippen LogP contribution in [0.4, 0.5) is 23.2 Å². The first-order chi connectivity index (χ1) is 20.0. The number of anilines is 1. The van der Waals surface area contributed by atoms with Crippen LogP contribution in [0.1, 0.15) is 22.5 Å². The maximum atomic E-state index is 14.6. The van der Waals surface area contributed by atoms with Gasteiger partial charge in [0.2, 0.25) is 5.91 Å². The molecule has 226 valence electrons. The Morgan fingerprint density at radius 1 is 1.14 bits per heavy atom. The molecule has 2 amide bonds. The lowest BCUT2D eigenvalue weighted by Crippen LogP contribution is -2.41. The molecule has 3 aromatic rings. The third-order valence-electron chi connectivity index (χ3n) is 6.18. The first-order valence-electron chi connectivity index (χ1n) is 13.0. The fraction of sp³-hybridized carbons (Fsp3) is 0.423. The van der Waals surface area contributed by atoms with Crippen molar-refractivity contribution in [3.63, 3.8) is 0 Å². The Morgan fingerprint density at radius 2 is 1.93 bits per heavy atom. The van der Waals surface area contributed by atoms with Gasteiger partial charge in [-0.1, -0.05) is 17.3 Å². The number of aryl methyl sites for hydroxylation is 1. The summed E-state index contributed by atoms with van der Waals surface area (Å²) in [6, 6.07) is 7.97. The summed E-state index contributed by atoms with van der Waals surface area (Å²) in [5, 5.41) is 12.6. The summed E-state index contributed by atoms with van der Waals surface area (Å²) in [6.45, 7) is 2.39. The van der Waals surface area contributed by atoms with Crippen molar-refractivity contribution in [3.8, 4) is 5.75 Å². The van der Waals surface area contributed by atoms with E-state index in [1.54, 1.807) is 6.07 Å². The predicted octanol–water partition coefficient (Wildman–Crippen LogP) is 1.97. The Morgan fingerprint density at radius 3 is 2.67 bits per heavy atom. The Bertz CT molecular complexity index is 1420. The summed E-state index contributed by atoms with van der Waals surface area (Å²) in [4.78, 5) is 39.0. The molecule has 2 aromatic heterocycles. The van der Waals surface area contributed by atoms with E-state index in [9.17, 15) is 31.9 Å². The summed E-state index contributed by atoms with van der Waals surface area (Å²) in [6.07, 6.45) is -3.56. The van der Waals surface area contributed by atoms with E-state index in [-0.39, 0.29) is 44.2 Å². The lowest BCUT2D eigenvalue weighted by molar-refractivity contribution is -0.274. The summed E-state index contributed by atoms with van der Waals surface area (Å²) in [7, 11) is 0. The van der Waals surface area contributed by atoms with Gasteiger partial charge in [0.15, 0.2) is 5.69 Å². The molecule has 16 heteroatoms. The van der Waals surface area contributed by atoms with E-state index in [0.29, 0.717) is 37.6 Å². The summed E-state index contributed by atoms with van der Waals surface area (Å²) < 4.78 is 63.4. The zero-order chi connectivity index (χ0) is 30.1. The lowest BCUT2D eigenvalue weighted by atomic mass is 10.2. The first kappa shape index (κ1) is 30.6. The highest BCUT2D eigenvalue weighted by molar-refractivity contribution is 5.92. The molecular weight excluding hydrogens is 566 g/mol. The Kier molecular flexibility index (Phi) is 10.2. The van der Waals surface area contributed by atoms with Gasteiger partial charge < -0.3 is 24.7 Å². The molecule has 3 heterocycles. The van der Waals surface area contributed by atoms with Crippen molar-refractivity contribution in [2.45, 2.75) is 38.6 Å². The molecule has 1 aromatic carbocycles. The van der Waals surface area contributed by atoms with Crippen LogP contribution in [-0.2, 0) is 29.2 Å². The van der Waals surface area contributed by atoms with Crippen molar-refractivity contribution in [1.29, 1.82) is 0 Å². The SMILES string of the molecule is O=C(CN1CCOCC1)Nc1ccn(CCC(F)Cn2cc(C(=O)NCc3cccc(OC(F)(F)F)c3)nn2)c(=O)c1. The minimum atomic E-state index is -4.84. The monoisotopic (exact) mass is 595 g/mol. The topological polar surface area (TPSA) is 133 Å². The number of alkyl halides is 4. The third kappa shape index (κ3) is 9.66. The smallest absolute Gasteiger partial charge is 0.406 e. The number of nitrogens with one attached hydrogen (secondary N) is 2. The molecule has 12 nitrogen and oxygen atoms in total. The molecule has 2 N–H and O–H groups in total. The van der Waals surface area contributed by atoms with Gasteiger partial charge >= 0.3 is 6.36 Å². The van der Waals surface area contributed by atoms with E-state index < -0.39 is 29.7 Å². The number of carbonyl (C=O) groups excluding carboxylic acids is 2. The van der Waals surface area contributed by atoms with E-state index in [0.717, 1.165) is 16.8 Å². The van der Waals surface area contributed by atoms with E-state index in [1.807, 2.05) is 4.90 Å². The number of amides is 2. The number of carbonyl (C=O) groups is 2. The normalized spacial score (nSPS) is 14.8. The Balaban J connectivity index is 1.21. The minimum absolute atomic E-state index is 0.0274. The molecule has 1 aliphatic rings. The van der Waals surface area contributed by atoms with Gasteiger partial charge in [-0.2, -0.15) is 0 Å². The van der Waals surface area contributed by atoms with Crippen LogP contribution in [0.5, 0.6) is 5.75 Å². The van der Waals surface area contributed by atoms with Crippen LogP contribution < -0.4 is 20.9 Å². The quantitative estimate of drug-likeness (QED) is 0.304. The lowest BCUT2D eigenvalue weighted by Gasteiger charge is -2.25. The summed E-state index contributed by atoms with van der Waals surface area (Å²) in [5.74, 6) is -1.32. The molecule has 1 unspecified atom stereocenters. The summed E-state index contributed by atoms with van der Waals surface area (Å²) in [5.41, 5.74) is 0.205. The van der Waals surface area contributed by atoms with E-state index in [1.165, 1.54) is 35.2 Å². The third-order valence-corrected chi connectivity index (χ3v) is 6.18. The molecule has 1 saturated heterocycles. The van der Waals surface area contributed by atoms with Crippen LogP contribution in [0.3, 0.4) is 0 Å². The molecule has 0 radical (unpaired) electrons. The standard InChI is InChI=1S/C26H29F4N7O5/c27-19(4-6-36-7-5-20(13-24(36)39)32-23(38)17-35-8-10-41-11-9-35)15-37-16-22(33-34-37)25(40)31-14-18-2-1-3-21(12-18)42-26(28,29)30/h1-3,5,7,12-13,16,19H,4,6,8-11,14-15,17H2,(H,31,40)(H,32,38). The van der Waals surface area contributed by atoms with Crippen molar-refractivity contribution in [1.82, 2.24) is 29.8 Å². The van der Waals surface area contributed by atoms with E-state index >= 15 is 0 Å². The number of nitrogens with zero attached hydrogens (tertiary/aromatic N) is 5. The van der Waals surface area contributed by atoms with Crippen molar-refractivity contribution < 1.29 is 36.6 Å². The molecule has 42 heavy (non-hydrogen) atoms. The average molecular weight is 596 g/mol. The Hall–Kier alpha value is -4.31. The zero-order valence-electron chi connectivity index (χ0n) is 22.3. The van der Waals surface area contributed by atoms with Gasteiger partial charge in [-0.05, 0) is 30.2 Å². The first-order valence-corrected chi connectivity index (χ1v) is 13.0. The van der Waals surface area contributed by atoms with Gasteiger partial charge in [-0.25, -0.2) is 9.07 Å². The van der Waals surface area contributed by atoms with Gasteiger partial charge in [0.25, 0.3) is 11.5 Å². The van der Waals surface area contributed by atoms with Crippen LogP contribution in [0.15, 0.2) is 53.6 Å². The number of ether oxygens (including phenoxy) is 2. The largest absolute Gasteiger partial charge is 0.573 e. The number of morpholine rings is 1. The number of pyridine rings is 1. The molecule has 0 aliphatic carbocycles. The van der Waals surface area contributed by atoms with E-state index in [2.05, 4.69) is 25.7 Å². The second-order valence-electron chi connectivity index (χ2n) is 9.47. The van der Waals surface area contributed by atoms with Gasteiger partial charge in [-0.15, -0.1) is 18.3 Å². The van der Waals surface area contributed by atoms with Gasteiger partial charge in [0, 0.05) is 44.1 Å². The average Bonchev–Trinajstić information content (AvgIpc) is 3.39. The van der Waals surface area contributed by atoms with Crippen LogP contribution in [0.2, 0.25) is 0 Å². The highest BCUT2D eigenvalue weighted by Crippen LogP contribution is 2.23. The number of aromatic nitrogens is 4. The number of hydrogen-bond donors (Lipinski definition) is 2. The molecule has 1 fully saturated rings. The molecule has 4 rings (SSSR count). The van der Waals surface area contributed by atoms with Crippen molar-refractivity contribution in [2.24, 2.45) is 0 Å². The molecule has 0 saturated carbocycles. The second-order valence-corrected chi connectivity index (χ2v) is 9.47. The molecule has 1 atom stereocenters. The highest BCUT2D eigenvalue weighted by Gasteiger charge is 2.31. The molecule has 1 aliphatic heterocycles. The van der Waals surface area contributed by atoms with Crippen LogP contribution in [-0.4, -0.2) is 81.7 Å². The minimum Gasteiger partial charge on any atom is -0.406 e. The number of hydrogen-bond acceptors (Lipinski definition) is 8. The highest BCUT2D eigenvalue weighted by atomic mass is 19.4. The number of benzene rings is 1. The number of halogens is 4. The van der Waals surface area contributed by atoms with Crippen molar-refractivity contribution in [2.75, 3.05) is 38.2 Å². The molecular formula is C26H29F4N7O5. The number of rotatable bonds is 12. The van der Waals surface area contributed by atoms with Crippen LogP contribution >= 0.6 is 0 Å². The fourth-order valence-corrected chi connectivity index (χ4v) is 4.12. The second kappa shape index (κ2) is 14.0. The zero-order valence-corrected chi connectivity index (χ0v) is 22.3. The predicted molar refractivity (Wildman–Crippen MR) is 140 cm³/mol.